The largest absolute Gasteiger partial charge is 0.355 e. The first-order valence-corrected chi connectivity index (χ1v) is 7.89. The number of nitrogens with one attached hydrogen (secondary N) is 2. The number of rotatable bonds is 5. The standard InChI is InChI=1S/C15H19IN2O2/c1-9-3-4-11(8-13(9)16)18-14(19)5-6-17-15(20)12-7-10(12)2/h3-4,8,10,12H,5-7H2,1-2H3,(H,17,20)(H,18,19). The number of benzene rings is 1. The maximum atomic E-state index is 11.8. The van der Waals surface area contributed by atoms with E-state index in [0.29, 0.717) is 18.9 Å². The van der Waals surface area contributed by atoms with Crippen LogP contribution in [0, 0.1) is 22.3 Å². The molecule has 0 aromatic heterocycles. The molecule has 2 amide bonds. The van der Waals surface area contributed by atoms with Crippen molar-refractivity contribution in [3.05, 3.63) is 27.3 Å². The van der Waals surface area contributed by atoms with Crippen LogP contribution in [0.5, 0.6) is 0 Å². The third kappa shape index (κ3) is 4.19. The zero-order valence-corrected chi connectivity index (χ0v) is 13.9. The number of carbonyl (C=O) groups excluding carboxylic acids is 2. The summed E-state index contributed by atoms with van der Waals surface area (Å²) in [6.45, 7) is 4.49. The number of halogens is 1. The van der Waals surface area contributed by atoms with Crippen molar-refractivity contribution >= 4 is 40.1 Å². The van der Waals surface area contributed by atoms with Crippen molar-refractivity contribution in [3.8, 4) is 0 Å². The lowest BCUT2D eigenvalue weighted by Crippen LogP contribution is -2.29. The molecule has 1 aromatic carbocycles. The third-order valence-electron chi connectivity index (χ3n) is 3.55. The van der Waals surface area contributed by atoms with E-state index in [0.717, 1.165) is 15.7 Å². The Labute approximate surface area is 132 Å². The maximum absolute atomic E-state index is 11.8. The minimum absolute atomic E-state index is 0.0752. The van der Waals surface area contributed by atoms with E-state index in [1.54, 1.807) is 0 Å². The van der Waals surface area contributed by atoms with Gasteiger partial charge in [0, 0.05) is 28.1 Å². The lowest BCUT2D eigenvalue weighted by Gasteiger charge is -2.08. The second-order valence-corrected chi connectivity index (χ2v) is 6.53. The topological polar surface area (TPSA) is 58.2 Å². The highest BCUT2D eigenvalue weighted by atomic mass is 127. The van der Waals surface area contributed by atoms with Crippen LogP contribution < -0.4 is 10.6 Å². The summed E-state index contributed by atoms with van der Waals surface area (Å²) in [5, 5.41) is 5.65. The molecule has 2 unspecified atom stereocenters. The van der Waals surface area contributed by atoms with Gasteiger partial charge in [0.1, 0.15) is 0 Å². The summed E-state index contributed by atoms with van der Waals surface area (Å²) >= 11 is 2.24. The molecule has 1 aliphatic rings. The van der Waals surface area contributed by atoms with E-state index < -0.39 is 0 Å². The van der Waals surface area contributed by atoms with Gasteiger partial charge in [-0.15, -0.1) is 0 Å². The minimum Gasteiger partial charge on any atom is -0.355 e. The van der Waals surface area contributed by atoms with E-state index in [4.69, 9.17) is 0 Å². The number of aryl methyl sites for hydroxylation is 1. The normalized spacial score (nSPS) is 20.4. The van der Waals surface area contributed by atoms with E-state index in [-0.39, 0.29) is 17.7 Å². The fraction of sp³-hybridized carbons (Fsp3) is 0.467. The number of hydrogen-bond donors (Lipinski definition) is 2. The Hall–Kier alpha value is -1.11. The molecule has 5 heteroatoms. The SMILES string of the molecule is Cc1ccc(NC(=O)CCNC(=O)C2CC2C)cc1I. The van der Waals surface area contributed by atoms with Crippen LogP contribution in [0.3, 0.4) is 0 Å². The molecule has 108 valence electrons. The summed E-state index contributed by atoms with van der Waals surface area (Å²) in [5.41, 5.74) is 1.99. The van der Waals surface area contributed by atoms with Gasteiger partial charge in [-0.3, -0.25) is 9.59 Å². The molecule has 4 nitrogen and oxygen atoms in total. The van der Waals surface area contributed by atoms with Crippen molar-refractivity contribution in [2.45, 2.75) is 26.7 Å². The van der Waals surface area contributed by atoms with E-state index >= 15 is 0 Å². The van der Waals surface area contributed by atoms with E-state index in [1.807, 2.05) is 25.1 Å². The zero-order chi connectivity index (χ0) is 14.7. The summed E-state index contributed by atoms with van der Waals surface area (Å²) in [5.74, 6) is 0.666. The zero-order valence-electron chi connectivity index (χ0n) is 11.7. The number of anilines is 1. The Balaban J connectivity index is 1.72. The third-order valence-corrected chi connectivity index (χ3v) is 4.72. The predicted octanol–water partition coefficient (Wildman–Crippen LogP) is 2.70. The molecule has 0 aliphatic heterocycles. The first kappa shape index (κ1) is 15.3. The van der Waals surface area contributed by atoms with Gasteiger partial charge >= 0.3 is 0 Å². The van der Waals surface area contributed by atoms with E-state index in [9.17, 15) is 9.59 Å². The monoisotopic (exact) mass is 386 g/mol. The molecule has 1 aliphatic carbocycles. The molecule has 2 rings (SSSR count). The molecule has 20 heavy (non-hydrogen) atoms. The van der Waals surface area contributed by atoms with Crippen LogP contribution in [-0.4, -0.2) is 18.4 Å². The fourth-order valence-corrected chi connectivity index (χ4v) is 2.53. The molecule has 1 fully saturated rings. The van der Waals surface area contributed by atoms with Crippen molar-refractivity contribution in [2.75, 3.05) is 11.9 Å². The second-order valence-electron chi connectivity index (χ2n) is 5.37. The van der Waals surface area contributed by atoms with Gasteiger partial charge in [-0.25, -0.2) is 0 Å². The Morgan fingerprint density at radius 2 is 2.10 bits per heavy atom. The summed E-state index contributed by atoms with van der Waals surface area (Å²) in [7, 11) is 0. The minimum atomic E-state index is -0.0752. The first-order valence-electron chi connectivity index (χ1n) is 6.81. The Morgan fingerprint density at radius 3 is 2.70 bits per heavy atom. The molecule has 2 atom stereocenters. The lowest BCUT2D eigenvalue weighted by atomic mass is 10.2. The molecule has 0 bridgehead atoms. The van der Waals surface area contributed by atoms with Crippen molar-refractivity contribution in [1.29, 1.82) is 0 Å². The van der Waals surface area contributed by atoms with Crippen LogP contribution in [0.2, 0.25) is 0 Å². The summed E-state index contributed by atoms with van der Waals surface area (Å²) < 4.78 is 1.12. The van der Waals surface area contributed by atoms with Crippen LogP contribution >= 0.6 is 22.6 Å². The van der Waals surface area contributed by atoms with Gasteiger partial charge in [-0.2, -0.15) is 0 Å². The molecule has 0 spiro atoms. The van der Waals surface area contributed by atoms with E-state index in [2.05, 4.69) is 40.1 Å². The van der Waals surface area contributed by atoms with E-state index in [1.165, 1.54) is 5.56 Å². The Morgan fingerprint density at radius 1 is 1.40 bits per heavy atom. The van der Waals surface area contributed by atoms with Crippen LogP contribution in [0.15, 0.2) is 18.2 Å². The number of hydrogen-bond acceptors (Lipinski definition) is 2. The Kier molecular flexibility index (Phi) is 5.01. The molecular weight excluding hydrogens is 367 g/mol. The molecule has 1 aromatic rings. The van der Waals surface area contributed by atoms with Gasteiger partial charge < -0.3 is 10.6 Å². The van der Waals surface area contributed by atoms with Gasteiger partial charge in [0.2, 0.25) is 11.8 Å². The quantitative estimate of drug-likeness (QED) is 0.765. The molecule has 0 heterocycles. The van der Waals surface area contributed by atoms with Gasteiger partial charge in [0.05, 0.1) is 0 Å². The molecule has 0 radical (unpaired) electrons. The highest BCUT2D eigenvalue weighted by molar-refractivity contribution is 14.1. The molecule has 0 saturated heterocycles. The van der Waals surface area contributed by atoms with Crippen molar-refractivity contribution < 1.29 is 9.59 Å². The average molecular weight is 386 g/mol. The molecule has 2 N–H and O–H groups in total. The summed E-state index contributed by atoms with van der Waals surface area (Å²) in [6, 6.07) is 5.81. The van der Waals surface area contributed by atoms with Crippen LogP contribution in [-0.2, 0) is 9.59 Å². The lowest BCUT2D eigenvalue weighted by molar-refractivity contribution is -0.122. The summed E-state index contributed by atoms with van der Waals surface area (Å²) in [6.07, 6.45) is 1.27. The maximum Gasteiger partial charge on any atom is 0.226 e. The van der Waals surface area contributed by atoms with Gasteiger partial charge in [-0.05, 0) is 59.5 Å². The van der Waals surface area contributed by atoms with Crippen LogP contribution in [0.25, 0.3) is 0 Å². The first-order chi connectivity index (χ1) is 9.47. The number of amides is 2. The second kappa shape index (κ2) is 6.56. The van der Waals surface area contributed by atoms with Crippen LogP contribution in [0.4, 0.5) is 5.69 Å². The Bertz CT molecular complexity index is 531. The fourth-order valence-electron chi connectivity index (χ4n) is 2.01. The van der Waals surface area contributed by atoms with Gasteiger partial charge in [0.15, 0.2) is 0 Å². The summed E-state index contributed by atoms with van der Waals surface area (Å²) in [4.78, 5) is 23.4. The predicted molar refractivity (Wildman–Crippen MR) is 87.4 cm³/mol. The van der Waals surface area contributed by atoms with Crippen molar-refractivity contribution in [2.24, 2.45) is 11.8 Å². The smallest absolute Gasteiger partial charge is 0.226 e. The molecule has 1 saturated carbocycles. The highest BCUT2D eigenvalue weighted by Crippen LogP contribution is 2.37. The van der Waals surface area contributed by atoms with Crippen molar-refractivity contribution in [3.63, 3.8) is 0 Å². The average Bonchev–Trinajstić information content (AvgIpc) is 3.11. The highest BCUT2D eigenvalue weighted by Gasteiger charge is 2.38. The van der Waals surface area contributed by atoms with Gasteiger partial charge in [-0.1, -0.05) is 13.0 Å². The van der Waals surface area contributed by atoms with Crippen molar-refractivity contribution in [1.82, 2.24) is 5.32 Å². The van der Waals surface area contributed by atoms with Crippen LogP contribution in [0.1, 0.15) is 25.3 Å². The van der Waals surface area contributed by atoms with Gasteiger partial charge in [0.25, 0.3) is 0 Å². The molecular formula is C15H19IN2O2. The number of carbonyl (C=O) groups is 2.